The molecule has 0 aliphatic carbocycles. The third kappa shape index (κ3) is 2.06. The molecule has 0 spiro atoms. The minimum absolute atomic E-state index is 0.0267. The molecule has 0 saturated heterocycles. The summed E-state index contributed by atoms with van der Waals surface area (Å²) < 4.78 is 27.7. The van der Waals surface area contributed by atoms with Gasteiger partial charge in [-0.1, -0.05) is 18.5 Å². The molecule has 94 valence electrons. The van der Waals surface area contributed by atoms with Crippen LogP contribution in [0.15, 0.2) is 14.7 Å². The Morgan fingerprint density at radius 2 is 2.35 bits per heavy atom. The van der Waals surface area contributed by atoms with Crippen molar-refractivity contribution in [3.05, 3.63) is 10.4 Å². The lowest BCUT2D eigenvalue weighted by Gasteiger charge is -2.26. The molecule has 1 aliphatic rings. The smallest absolute Gasteiger partial charge is 0.295 e. The van der Waals surface area contributed by atoms with Gasteiger partial charge in [-0.15, -0.1) is 15.7 Å². The Morgan fingerprint density at radius 1 is 1.71 bits per heavy atom. The first-order valence-corrected chi connectivity index (χ1v) is 7.30. The number of aliphatic hydroxyl groups excluding tert-OH is 1. The van der Waals surface area contributed by atoms with E-state index in [0.717, 1.165) is 16.3 Å². The van der Waals surface area contributed by atoms with Crippen molar-refractivity contribution in [2.45, 2.75) is 11.1 Å². The summed E-state index contributed by atoms with van der Waals surface area (Å²) in [5.74, 6) is 5.41. The highest BCUT2D eigenvalue weighted by Crippen LogP contribution is 2.40. The second-order valence-corrected chi connectivity index (χ2v) is 7.08. The van der Waals surface area contributed by atoms with Gasteiger partial charge in [0.05, 0.1) is 16.6 Å². The lowest BCUT2D eigenvalue weighted by molar-refractivity contribution is 0.269. The van der Waals surface area contributed by atoms with Gasteiger partial charge in [0.2, 0.25) is 0 Å². The summed E-state index contributed by atoms with van der Waals surface area (Å²) in [6, 6.07) is 1.47. The number of sulfonamides is 1. The first kappa shape index (κ1) is 12.8. The second kappa shape index (κ2) is 4.21. The fourth-order valence-corrected chi connectivity index (χ4v) is 4.33. The third-order valence-corrected chi connectivity index (χ3v) is 5.35. The zero-order valence-corrected chi connectivity index (χ0v) is 11.2. The molecule has 6 nitrogen and oxygen atoms in total. The van der Waals surface area contributed by atoms with E-state index in [0.29, 0.717) is 10.0 Å². The van der Waals surface area contributed by atoms with Crippen LogP contribution in [0.2, 0.25) is 4.34 Å². The molecule has 9 heteroatoms. The fourth-order valence-electron chi connectivity index (χ4n) is 1.43. The zero-order valence-electron chi connectivity index (χ0n) is 8.79. The van der Waals surface area contributed by atoms with Crippen molar-refractivity contribution in [2.24, 2.45) is 16.2 Å². The summed E-state index contributed by atoms with van der Waals surface area (Å²) in [5, 5.41) is 10.2. The molecule has 17 heavy (non-hydrogen) atoms. The van der Waals surface area contributed by atoms with Crippen molar-refractivity contribution in [2.75, 3.05) is 11.6 Å². The van der Waals surface area contributed by atoms with Gasteiger partial charge in [-0.05, 0) is 6.07 Å². The number of fused-ring (bicyclic) bond motifs is 1. The molecule has 2 rings (SSSR count). The van der Waals surface area contributed by atoms with E-state index in [-0.39, 0.29) is 16.7 Å². The molecule has 0 aromatic carbocycles. The van der Waals surface area contributed by atoms with E-state index in [1.165, 1.54) is 6.07 Å². The van der Waals surface area contributed by atoms with Gasteiger partial charge < -0.3 is 5.11 Å². The van der Waals surface area contributed by atoms with Crippen LogP contribution < -0.4 is 10.9 Å². The van der Waals surface area contributed by atoms with Crippen molar-refractivity contribution >= 4 is 44.5 Å². The summed E-state index contributed by atoms with van der Waals surface area (Å²) in [6.45, 7) is 1.39. The molecule has 0 bridgehead atoms. The maximum absolute atomic E-state index is 11.9. The predicted octanol–water partition coefficient (Wildman–Crippen LogP) is 0.811. The standard InChI is InChI=1S/C8H10ClN3O3S2/c1-4(3-13)7-11-17(14,15)8-5(12(7)10)2-6(9)16-8/h2,4,13H,3,10H2,1H3/t4-/m0/s1. The van der Waals surface area contributed by atoms with Crippen LogP contribution in [0, 0.1) is 5.92 Å². The summed E-state index contributed by atoms with van der Waals surface area (Å²) >= 11 is 6.68. The van der Waals surface area contributed by atoms with Crippen molar-refractivity contribution in [3.8, 4) is 0 Å². The molecule has 0 fully saturated rings. The Hall–Kier alpha value is -0.670. The lowest BCUT2D eigenvalue weighted by atomic mass is 10.1. The number of amidine groups is 1. The van der Waals surface area contributed by atoms with Crippen LogP contribution in [0.1, 0.15) is 6.92 Å². The number of halogens is 1. The Morgan fingerprint density at radius 3 is 2.94 bits per heavy atom. The summed E-state index contributed by atoms with van der Waals surface area (Å²) in [5.41, 5.74) is 0.297. The highest BCUT2D eigenvalue weighted by atomic mass is 35.5. The molecular formula is C8H10ClN3O3S2. The first-order valence-electron chi connectivity index (χ1n) is 4.66. The van der Waals surface area contributed by atoms with Gasteiger partial charge in [-0.2, -0.15) is 8.42 Å². The van der Waals surface area contributed by atoms with E-state index in [1.54, 1.807) is 6.92 Å². The zero-order chi connectivity index (χ0) is 12.8. The Labute approximate surface area is 107 Å². The SMILES string of the molecule is C[C@@H](CO)C1=NS(=O)(=O)c2sc(Cl)cc2N1N. The highest BCUT2D eigenvalue weighted by molar-refractivity contribution is 7.92. The van der Waals surface area contributed by atoms with Crippen LogP contribution >= 0.6 is 22.9 Å². The number of thiophene rings is 1. The number of hydrazine groups is 1. The van der Waals surface area contributed by atoms with Gasteiger partial charge >= 0.3 is 0 Å². The van der Waals surface area contributed by atoms with Crippen LogP contribution in [0.3, 0.4) is 0 Å². The molecule has 0 amide bonds. The van der Waals surface area contributed by atoms with E-state index in [2.05, 4.69) is 4.40 Å². The van der Waals surface area contributed by atoms with Gasteiger partial charge in [0.15, 0.2) is 4.21 Å². The van der Waals surface area contributed by atoms with E-state index in [9.17, 15) is 8.42 Å². The van der Waals surface area contributed by atoms with Crippen LogP contribution in [0.25, 0.3) is 0 Å². The molecule has 1 aromatic rings. The fraction of sp³-hybridized carbons (Fsp3) is 0.375. The van der Waals surface area contributed by atoms with E-state index in [1.807, 2.05) is 0 Å². The normalized spacial score (nSPS) is 19.8. The molecule has 2 heterocycles. The Bertz CT molecular complexity index is 581. The number of nitrogens with zero attached hydrogens (tertiary/aromatic N) is 2. The summed E-state index contributed by atoms with van der Waals surface area (Å²) in [6.07, 6.45) is 0. The number of hydrogen-bond acceptors (Lipinski definition) is 6. The molecule has 1 aliphatic heterocycles. The summed E-state index contributed by atoms with van der Waals surface area (Å²) in [4.78, 5) is 0. The number of aliphatic hydroxyl groups is 1. The van der Waals surface area contributed by atoms with E-state index in [4.69, 9.17) is 22.6 Å². The van der Waals surface area contributed by atoms with E-state index < -0.39 is 15.9 Å². The highest BCUT2D eigenvalue weighted by Gasteiger charge is 2.33. The molecule has 0 unspecified atom stereocenters. The minimum atomic E-state index is -3.77. The predicted molar refractivity (Wildman–Crippen MR) is 66.9 cm³/mol. The van der Waals surface area contributed by atoms with Gasteiger partial charge in [-0.3, -0.25) is 5.01 Å². The molecule has 0 saturated carbocycles. The molecule has 3 N–H and O–H groups in total. The Kier molecular flexibility index (Phi) is 3.17. The van der Waals surface area contributed by atoms with Gasteiger partial charge in [0.1, 0.15) is 5.84 Å². The van der Waals surface area contributed by atoms with Crippen LogP contribution in [-0.4, -0.2) is 26.0 Å². The molecule has 1 aromatic heterocycles. The quantitative estimate of drug-likeness (QED) is 0.787. The molecule has 0 radical (unpaired) electrons. The van der Waals surface area contributed by atoms with Crippen LogP contribution in [0.5, 0.6) is 0 Å². The Balaban J connectivity index is 2.61. The maximum Gasteiger partial charge on any atom is 0.295 e. The van der Waals surface area contributed by atoms with Gasteiger partial charge in [0.25, 0.3) is 10.0 Å². The van der Waals surface area contributed by atoms with Gasteiger partial charge in [-0.25, -0.2) is 5.84 Å². The van der Waals surface area contributed by atoms with Crippen LogP contribution in [0.4, 0.5) is 5.69 Å². The number of hydrogen-bond donors (Lipinski definition) is 2. The third-order valence-electron chi connectivity index (χ3n) is 2.32. The van der Waals surface area contributed by atoms with Crippen molar-refractivity contribution in [3.63, 3.8) is 0 Å². The number of nitrogens with two attached hydrogens (primary N) is 1. The largest absolute Gasteiger partial charge is 0.396 e. The molecule has 1 atom stereocenters. The monoisotopic (exact) mass is 295 g/mol. The van der Waals surface area contributed by atoms with Crippen molar-refractivity contribution in [1.29, 1.82) is 0 Å². The van der Waals surface area contributed by atoms with E-state index >= 15 is 0 Å². The first-order chi connectivity index (χ1) is 7.86. The lowest BCUT2D eigenvalue weighted by Crippen LogP contribution is -2.44. The number of anilines is 1. The number of rotatable bonds is 2. The van der Waals surface area contributed by atoms with Crippen LogP contribution in [-0.2, 0) is 10.0 Å². The topological polar surface area (TPSA) is 96.0 Å². The van der Waals surface area contributed by atoms with Gasteiger partial charge in [0, 0.05) is 5.92 Å². The van der Waals surface area contributed by atoms with Crippen molar-refractivity contribution < 1.29 is 13.5 Å². The summed E-state index contributed by atoms with van der Waals surface area (Å²) in [7, 11) is -3.77. The van der Waals surface area contributed by atoms with Crippen molar-refractivity contribution in [1.82, 2.24) is 0 Å². The average Bonchev–Trinajstić information content (AvgIpc) is 2.66. The molecular weight excluding hydrogens is 286 g/mol. The minimum Gasteiger partial charge on any atom is -0.396 e. The average molecular weight is 296 g/mol. The second-order valence-electron chi connectivity index (χ2n) is 3.60. The maximum atomic E-state index is 11.9.